The van der Waals surface area contributed by atoms with Gasteiger partial charge in [0, 0.05) is 13.1 Å². The van der Waals surface area contributed by atoms with Crippen LogP contribution in [0.25, 0.3) is 0 Å². The lowest BCUT2D eigenvalue weighted by molar-refractivity contribution is -0.128. The monoisotopic (exact) mass is 332 g/mol. The normalized spacial score (nSPS) is 11.1. The average molecular weight is 332 g/mol. The van der Waals surface area contributed by atoms with Crippen molar-refractivity contribution in [1.29, 1.82) is 5.26 Å². The van der Waals surface area contributed by atoms with Crippen LogP contribution in [-0.2, 0) is 4.79 Å². The van der Waals surface area contributed by atoms with Crippen molar-refractivity contribution >= 4 is 11.9 Å². The molecule has 24 heavy (non-hydrogen) atoms. The average Bonchev–Trinajstić information content (AvgIpc) is 2.60. The minimum Gasteiger partial charge on any atom is -0.481 e. The van der Waals surface area contributed by atoms with Crippen LogP contribution in [0.4, 0.5) is 4.79 Å². The summed E-state index contributed by atoms with van der Waals surface area (Å²) in [6.45, 7) is 6.72. The Morgan fingerprint density at radius 1 is 1.25 bits per heavy atom. The van der Waals surface area contributed by atoms with Crippen molar-refractivity contribution in [3.05, 3.63) is 29.8 Å². The fraction of sp³-hybridized carbons (Fsp3) is 0.471. The third-order valence-electron chi connectivity index (χ3n) is 3.41. The maximum absolute atomic E-state index is 12.0. The van der Waals surface area contributed by atoms with Crippen LogP contribution in [0.2, 0.25) is 0 Å². The van der Waals surface area contributed by atoms with Gasteiger partial charge >= 0.3 is 6.03 Å². The number of ether oxygens (including phenoxy) is 1. The van der Waals surface area contributed by atoms with Crippen LogP contribution in [0.5, 0.6) is 5.75 Å². The molecular weight excluding hydrogens is 308 g/mol. The number of nitriles is 1. The number of unbranched alkanes of at least 4 members (excludes halogenated alkanes) is 1. The zero-order valence-corrected chi connectivity index (χ0v) is 14.3. The number of rotatable bonds is 7. The summed E-state index contributed by atoms with van der Waals surface area (Å²) in [4.78, 5) is 25.6. The molecule has 0 aliphatic rings. The third kappa shape index (κ3) is 6.16. The van der Waals surface area contributed by atoms with E-state index in [9.17, 15) is 9.59 Å². The van der Waals surface area contributed by atoms with Gasteiger partial charge in [-0.2, -0.15) is 5.26 Å². The van der Waals surface area contributed by atoms with Gasteiger partial charge in [0.2, 0.25) is 0 Å². The molecule has 1 aromatic carbocycles. The van der Waals surface area contributed by atoms with E-state index in [2.05, 4.69) is 17.8 Å². The molecule has 0 aromatic heterocycles. The lowest BCUT2D eigenvalue weighted by Crippen LogP contribution is -2.52. The predicted octanol–water partition coefficient (Wildman–Crippen LogP) is 2.19. The van der Waals surface area contributed by atoms with Gasteiger partial charge in [-0.05, 0) is 44.5 Å². The second kappa shape index (κ2) is 10.1. The molecule has 2 N–H and O–H groups in total. The number of hydrogen-bond donors (Lipinski definition) is 2. The smallest absolute Gasteiger partial charge is 0.336 e. The summed E-state index contributed by atoms with van der Waals surface area (Å²) in [5, 5.41) is 8.74. The Balaban J connectivity index is 2.45. The van der Waals surface area contributed by atoms with Crippen molar-refractivity contribution in [2.45, 2.75) is 39.7 Å². The summed E-state index contributed by atoms with van der Waals surface area (Å²) in [5.74, 6) is 0.0142. The first-order chi connectivity index (χ1) is 11.5. The third-order valence-corrected chi connectivity index (χ3v) is 3.41. The fourth-order valence-corrected chi connectivity index (χ4v) is 1.91. The molecule has 0 saturated heterocycles. The molecule has 0 radical (unpaired) electrons. The van der Waals surface area contributed by atoms with E-state index in [1.807, 2.05) is 13.0 Å². The Bertz CT molecular complexity index is 580. The molecule has 3 amide bonds. The van der Waals surface area contributed by atoms with E-state index in [1.165, 1.54) is 0 Å². The minimum absolute atomic E-state index is 0.343. The number of carbonyl (C=O) groups excluding carboxylic acids is 2. The van der Waals surface area contributed by atoms with Gasteiger partial charge in [-0.3, -0.25) is 10.2 Å². The Hall–Kier alpha value is -2.75. The number of nitrogens with one attached hydrogen (secondary N) is 2. The summed E-state index contributed by atoms with van der Waals surface area (Å²) in [5.41, 5.74) is 5.26. The highest BCUT2D eigenvalue weighted by molar-refractivity contribution is 5.84. The molecular formula is C17H24N4O3. The van der Waals surface area contributed by atoms with Gasteiger partial charge in [0.25, 0.3) is 5.91 Å². The Morgan fingerprint density at radius 3 is 2.46 bits per heavy atom. The number of carbonyl (C=O) groups is 2. The van der Waals surface area contributed by atoms with Crippen molar-refractivity contribution < 1.29 is 14.3 Å². The number of hydrogen-bond acceptors (Lipinski definition) is 4. The summed E-state index contributed by atoms with van der Waals surface area (Å²) in [6.07, 6.45) is 1.11. The van der Waals surface area contributed by atoms with E-state index in [4.69, 9.17) is 10.00 Å². The van der Waals surface area contributed by atoms with E-state index < -0.39 is 12.0 Å². The van der Waals surface area contributed by atoms with Crippen LogP contribution >= 0.6 is 0 Å². The summed E-state index contributed by atoms with van der Waals surface area (Å²) in [7, 11) is 0. The molecule has 1 aromatic rings. The summed E-state index contributed by atoms with van der Waals surface area (Å²) >= 11 is 0. The van der Waals surface area contributed by atoms with Crippen LogP contribution in [0, 0.1) is 11.3 Å². The van der Waals surface area contributed by atoms with Gasteiger partial charge in [-0.1, -0.05) is 13.3 Å². The molecule has 0 fully saturated rings. The lowest BCUT2D eigenvalue weighted by Gasteiger charge is -2.22. The first-order valence-electron chi connectivity index (χ1n) is 8.03. The standard InChI is InChI=1S/C17H24N4O3/c1-4-6-11-21(5-2)17(23)20-19-16(22)13(3)24-15-9-7-14(12-18)8-10-15/h7-10,13H,4-6,11H2,1-3H3,(H,19,22)(H,20,23)/t13-/m0/s1. The van der Waals surface area contributed by atoms with Gasteiger partial charge in [-0.25, -0.2) is 10.2 Å². The molecule has 0 spiro atoms. The molecule has 7 heteroatoms. The molecule has 0 aliphatic heterocycles. The Kier molecular flexibility index (Phi) is 8.13. The van der Waals surface area contributed by atoms with E-state index in [0.717, 1.165) is 12.8 Å². The highest BCUT2D eigenvalue weighted by Crippen LogP contribution is 2.13. The van der Waals surface area contributed by atoms with Crippen LogP contribution in [0.1, 0.15) is 39.2 Å². The van der Waals surface area contributed by atoms with Gasteiger partial charge in [0.05, 0.1) is 11.6 Å². The Labute approximate surface area is 142 Å². The van der Waals surface area contributed by atoms with Gasteiger partial charge < -0.3 is 9.64 Å². The van der Waals surface area contributed by atoms with E-state index in [1.54, 1.807) is 36.1 Å². The maximum Gasteiger partial charge on any atom is 0.336 e. The Morgan fingerprint density at radius 2 is 1.92 bits per heavy atom. The maximum atomic E-state index is 12.0. The fourth-order valence-electron chi connectivity index (χ4n) is 1.91. The molecule has 130 valence electrons. The van der Waals surface area contributed by atoms with Crippen molar-refractivity contribution in [3.63, 3.8) is 0 Å². The SMILES string of the molecule is CCCCN(CC)C(=O)NNC(=O)[C@H](C)Oc1ccc(C#N)cc1. The van der Waals surface area contributed by atoms with Gasteiger partial charge in [-0.15, -0.1) is 0 Å². The molecule has 7 nitrogen and oxygen atoms in total. The van der Waals surface area contributed by atoms with Crippen molar-refractivity contribution in [1.82, 2.24) is 15.8 Å². The number of nitrogens with zero attached hydrogens (tertiary/aromatic N) is 2. The topological polar surface area (TPSA) is 94.5 Å². The van der Waals surface area contributed by atoms with E-state index in [-0.39, 0.29) is 6.03 Å². The zero-order valence-electron chi connectivity index (χ0n) is 14.3. The molecule has 0 aliphatic carbocycles. The second-order valence-corrected chi connectivity index (χ2v) is 5.25. The van der Waals surface area contributed by atoms with Crippen LogP contribution in [0.3, 0.4) is 0 Å². The first kappa shape index (κ1) is 19.3. The van der Waals surface area contributed by atoms with Crippen molar-refractivity contribution in [3.8, 4) is 11.8 Å². The quantitative estimate of drug-likeness (QED) is 0.748. The van der Waals surface area contributed by atoms with Crippen LogP contribution < -0.4 is 15.6 Å². The lowest BCUT2D eigenvalue weighted by atomic mass is 10.2. The number of hydrazine groups is 1. The highest BCUT2D eigenvalue weighted by Gasteiger charge is 2.17. The summed E-state index contributed by atoms with van der Waals surface area (Å²) < 4.78 is 5.47. The van der Waals surface area contributed by atoms with Crippen LogP contribution in [-0.4, -0.2) is 36.0 Å². The van der Waals surface area contributed by atoms with Crippen molar-refractivity contribution in [2.24, 2.45) is 0 Å². The van der Waals surface area contributed by atoms with Gasteiger partial charge in [0.15, 0.2) is 6.10 Å². The molecule has 0 saturated carbocycles. The zero-order chi connectivity index (χ0) is 17.9. The molecule has 0 unspecified atom stereocenters. The van der Waals surface area contributed by atoms with E-state index in [0.29, 0.717) is 24.4 Å². The number of benzene rings is 1. The number of urea groups is 1. The largest absolute Gasteiger partial charge is 0.481 e. The molecule has 0 heterocycles. The van der Waals surface area contributed by atoms with Crippen LogP contribution in [0.15, 0.2) is 24.3 Å². The highest BCUT2D eigenvalue weighted by atomic mass is 16.5. The first-order valence-corrected chi connectivity index (χ1v) is 8.03. The molecule has 1 atom stereocenters. The van der Waals surface area contributed by atoms with E-state index >= 15 is 0 Å². The molecule has 0 bridgehead atoms. The minimum atomic E-state index is -0.788. The summed E-state index contributed by atoms with van der Waals surface area (Å²) in [6, 6.07) is 8.11. The number of amides is 3. The van der Waals surface area contributed by atoms with Gasteiger partial charge in [0.1, 0.15) is 5.75 Å². The predicted molar refractivity (Wildman–Crippen MR) is 90.1 cm³/mol. The van der Waals surface area contributed by atoms with Crippen molar-refractivity contribution in [2.75, 3.05) is 13.1 Å². The molecule has 1 rings (SSSR count). The second-order valence-electron chi connectivity index (χ2n) is 5.25.